The number of hydrogen-bond donors (Lipinski definition) is 2. The molecule has 0 bridgehead atoms. The maximum Gasteiger partial charge on any atom is 0.337 e. The van der Waals surface area contributed by atoms with Gasteiger partial charge in [-0.1, -0.05) is 6.07 Å². The molecular weight excluding hydrogens is 377 g/mol. The van der Waals surface area contributed by atoms with E-state index in [0.717, 1.165) is 10.1 Å². The highest BCUT2D eigenvalue weighted by Crippen LogP contribution is 2.23. The van der Waals surface area contributed by atoms with Crippen molar-refractivity contribution in [1.29, 1.82) is 0 Å². The van der Waals surface area contributed by atoms with E-state index < -0.39 is 12.0 Å². The number of halogens is 3. The largest absolute Gasteiger partial charge is 0.478 e. The molecule has 0 aliphatic carbocycles. The number of nitroso groups, excluding NO2 is 1. The number of amides is 2. The Kier molecular flexibility index (Phi) is 13.8. The van der Waals surface area contributed by atoms with Gasteiger partial charge in [0.25, 0.3) is 0 Å². The fraction of sp³-hybridized carbons (Fsp3) is 0.0909. The van der Waals surface area contributed by atoms with Crippen molar-refractivity contribution in [3.8, 4) is 0 Å². The summed E-state index contributed by atoms with van der Waals surface area (Å²) in [5.74, 6) is -0.862. The van der Waals surface area contributed by atoms with Crippen molar-refractivity contribution in [1.82, 2.24) is 5.01 Å². The van der Waals surface area contributed by atoms with E-state index in [2.05, 4.69) is 11.0 Å². The van der Waals surface area contributed by atoms with Crippen LogP contribution in [-0.4, -0.2) is 29.2 Å². The molecule has 3 N–H and O–H groups in total. The highest BCUT2D eigenvalue weighted by molar-refractivity contribution is 7.17. The van der Waals surface area contributed by atoms with E-state index in [1.165, 1.54) is 7.05 Å². The van der Waals surface area contributed by atoms with Crippen LogP contribution in [0.15, 0.2) is 34.9 Å². The van der Waals surface area contributed by atoms with E-state index in [1.807, 2.05) is 17.5 Å². The number of carbonyl (C=O) groups is 2. The third-order valence-electron chi connectivity index (χ3n) is 2.17. The highest BCUT2D eigenvalue weighted by atomic mass is 35.5. The van der Waals surface area contributed by atoms with Gasteiger partial charge < -0.3 is 10.8 Å². The second-order valence-corrected chi connectivity index (χ2v) is 4.33. The molecule has 1 aromatic heterocycles. The van der Waals surface area contributed by atoms with Crippen LogP contribution in [-0.2, 0) is 0 Å². The lowest BCUT2D eigenvalue weighted by atomic mass is 10.1. The van der Waals surface area contributed by atoms with Crippen molar-refractivity contribution < 1.29 is 14.7 Å². The third-order valence-corrected chi connectivity index (χ3v) is 3.05. The van der Waals surface area contributed by atoms with Crippen molar-refractivity contribution in [2.45, 2.75) is 0 Å². The molecule has 124 valence electrons. The van der Waals surface area contributed by atoms with Crippen molar-refractivity contribution in [2.75, 3.05) is 7.05 Å². The summed E-state index contributed by atoms with van der Waals surface area (Å²) >= 11 is 1.56. The summed E-state index contributed by atoms with van der Waals surface area (Å²) in [6.07, 6.45) is 0. The van der Waals surface area contributed by atoms with Gasteiger partial charge in [0.1, 0.15) is 0 Å². The Bertz CT molecular complexity index is 623. The predicted octanol–water partition coefficient (Wildman–Crippen LogP) is 3.54. The molecule has 0 saturated carbocycles. The Morgan fingerprint density at radius 1 is 1.23 bits per heavy atom. The lowest BCUT2D eigenvalue weighted by Gasteiger charge is -1.97. The fourth-order valence-electron chi connectivity index (χ4n) is 1.22. The van der Waals surface area contributed by atoms with Gasteiger partial charge in [0.15, 0.2) is 0 Å². The van der Waals surface area contributed by atoms with Crippen LogP contribution >= 0.6 is 48.6 Å². The maximum atomic E-state index is 10.7. The summed E-state index contributed by atoms with van der Waals surface area (Å²) < 4.78 is 1.02. The Labute approximate surface area is 148 Å². The number of thiophene rings is 1. The summed E-state index contributed by atoms with van der Waals surface area (Å²) in [5, 5.41) is 14.2. The molecule has 2 aromatic rings. The van der Waals surface area contributed by atoms with E-state index in [-0.39, 0.29) is 37.2 Å². The topological polar surface area (TPSA) is 113 Å². The van der Waals surface area contributed by atoms with E-state index in [9.17, 15) is 14.5 Å². The fourth-order valence-corrected chi connectivity index (χ4v) is 2.03. The Balaban J connectivity index is -0.000000323. The molecule has 0 saturated heterocycles. The first-order valence-electron chi connectivity index (χ1n) is 5.03. The lowest BCUT2D eigenvalue weighted by Crippen LogP contribution is -2.26. The van der Waals surface area contributed by atoms with Gasteiger partial charge in [0.05, 0.1) is 10.8 Å². The SMILES string of the molecule is CN(N=O)C(N)=O.Cl.Cl.Cl.O=C(O)c1cccc2sccc12. The molecular formula is C11H14Cl3N3O4S. The molecule has 22 heavy (non-hydrogen) atoms. The number of carboxylic acid groups (broad SMARTS) is 1. The van der Waals surface area contributed by atoms with Gasteiger partial charge in [-0.15, -0.1) is 53.5 Å². The number of nitrogens with zero attached hydrogens (tertiary/aromatic N) is 2. The van der Waals surface area contributed by atoms with Gasteiger partial charge in [-0.25, -0.2) is 9.59 Å². The normalized spacial score (nSPS) is 8.05. The Morgan fingerprint density at radius 3 is 2.23 bits per heavy atom. The van der Waals surface area contributed by atoms with E-state index in [4.69, 9.17) is 5.11 Å². The third kappa shape index (κ3) is 6.90. The first-order chi connectivity index (χ1) is 8.97. The predicted molar refractivity (Wildman–Crippen MR) is 93.7 cm³/mol. The highest BCUT2D eigenvalue weighted by Gasteiger charge is 2.07. The number of primary amides is 1. The summed E-state index contributed by atoms with van der Waals surface area (Å²) in [6.45, 7) is 0. The summed E-state index contributed by atoms with van der Waals surface area (Å²) in [4.78, 5) is 29.8. The molecule has 2 rings (SSSR count). The zero-order valence-electron chi connectivity index (χ0n) is 11.2. The second kappa shape index (κ2) is 12.0. The van der Waals surface area contributed by atoms with Crippen molar-refractivity contribution in [3.63, 3.8) is 0 Å². The summed E-state index contributed by atoms with van der Waals surface area (Å²) in [7, 11) is 1.18. The average molecular weight is 391 g/mol. The number of nitrogens with two attached hydrogens (primary N) is 1. The zero-order chi connectivity index (χ0) is 14.4. The Hall–Kier alpha value is -1.61. The lowest BCUT2D eigenvalue weighted by molar-refractivity contribution is 0.0699. The maximum absolute atomic E-state index is 10.7. The zero-order valence-corrected chi connectivity index (χ0v) is 14.4. The number of aromatic carboxylic acids is 1. The quantitative estimate of drug-likeness (QED) is 0.603. The van der Waals surface area contributed by atoms with Crippen LogP contribution in [0.3, 0.4) is 0 Å². The number of urea groups is 1. The molecule has 0 atom stereocenters. The van der Waals surface area contributed by atoms with Crippen LogP contribution in [0.5, 0.6) is 0 Å². The van der Waals surface area contributed by atoms with Gasteiger partial charge >= 0.3 is 12.0 Å². The molecule has 7 nitrogen and oxygen atoms in total. The number of benzene rings is 1. The summed E-state index contributed by atoms with van der Waals surface area (Å²) in [5.41, 5.74) is 4.92. The molecule has 0 fully saturated rings. The van der Waals surface area contributed by atoms with Crippen LogP contribution in [0.1, 0.15) is 10.4 Å². The minimum atomic E-state index is -0.862. The number of rotatable bonds is 2. The monoisotopic (exact) mass is 389 g/mol. The molecule has 0 aliphatic rings. The van der Waals surface area contributed by atoms with Crippen LogP contribution in [0, 0.1) is 4.91 Å². The smallest absolute Gasteiger partial charge is 0.337 e. The molecule has 1 aromatic carbocycles. The van der Waals surface area contributed by atoms with Crippen molar-refractivity contribution in [3.05, 3.63) is 40.1 Å². The van der Waals surface area contributed by atoms with Crippen LogP contribution in [0.2, 0.25) is 0 Å². The molecule has 0 aliphatic heterocycles. The van der Waals surface area contributed by atoms with Crippen LogP contribution < -0.4 is 5.73 Å². The summed E-state index contributed by atoms with van der Waals surface area (Å²) in [6, 6.07) is 6.30. The van der Waals surface area contributed by atoms with E-state index >= 15 is 0 Å². The average Bonchev–Trinajstić information content (AvgIpc) is 2.86. The van der Waals surface area contributed by atoms with Gasteiger partial charge in [-0.05, 0) is 23.6 Å². The molecule has 1 heterocycles. The molecule has 2 amide bonds. The minimum Gasteiger partial charge on any atom is -0.478 e. The van der Waals surface area contributed by atoms with Gasteiger partial charge in [-0.3, -0.25) is 0 Å². The van der Waals surface area contributed by atoms with Crippen LogP contribution in [0.25, 0.3) is 10.1 Å². The number of carbonyl (C=O) groups excluding carboxylic acids is 1. The molecule has 11 heteroatoms. The van der Waals surface area contributed by atoms with E-state index in [1.54, 1.807) is 23.5 Å². The second-order valence-electron chi connectivity index (χ2n) is 3.39. The van der Waals surface area contributed by atoms with Crippen LogP contribution in [0.4, 0.5) is 4.79 Å². The molecule has 0 unspecified atom stereocenters. The first kappa shape index (κ1) is 25.3. The number of carboxylic acids is 1. The number of hydrogen-bond acceptors (Lipinski definition) is 5. The number of fused-ring (bicyclic) bond motifs is 1. The minimum absolute atomic E-state index is 0. The standard InChI is InChI=1S/C9H6O2S.C2H5N3O2.3ClH/c10-9(11)7-2-1-3-8-6(7)4-5-12-8;1-5(4-7)2(3)6;;;/h1-5H,(H,10,11);1H3,(H2,3,6);3*1H. The van der Waals surface area contributed by atoms with Gasteiger partial charge in [-0.2, -0.15) is 5.01 Å². The molecule has 0 spiro atoms. The Morgan fingerprint density at radius 2 is 1.82 bits per heavy atom. The van der Waals surface area contributed by atoms with Gasteiger partial charge in [0, 0.05) is 17.1 Å². The molecule has 0 radical (unpaired) electrons. The van der Waals surface area contributed by atoms with Crippen molar-refractivity contribution >= 4 is 70.6 Å². The van der Waals surface area contributed by atoms with Gasteiger partial charge in [0.2, 0.25) is 0 Å². The van der Waals surface area contributed by atoms with E-state index in [0.29, 0.717) is 10.6 Å². The first-order valence-corrected chi connectivity index (χ1v) is 5.91. The van der Waals surface area contributed by atoms with Crippen molar-refractivity contribution in [2.24, 2.45) is 11.0 Å².